The Morgan fingerprint density at radius 3 is 2.75 bits per heavy atom. The molecule has 0 spiro atoms. The third kappa shape index (κ3) is 2.38. The normalized spacial score (nSPS) is 11.2. The van der Waals surface area contributed by atoms with Crippen LogP contribution in [0.4, 0.5) is 0 Å². The van der Waals surface area contributed by atoms with E-state index in [0.29, 0.717) is 5.56 Å². The van der Waals surface area contributed by atoms with Gasteiger partial charge in [0.05, 0.1) is 11.8 Å². The summed E-state index contributed by atoms with van der Waals surface area (Å²) in [4.78, 5) is 12.0. The molecule has 3 heteroatoms. The van der Waals surface area contributed by atoms with Gasteiger partial charge in [-0.2, -0.15) is 5.10 Å². The predicted octanol–water partition coefficient (Wildman–Crippen LogP) is 3.47. The van der Waals surface area contributed by atoms with Crippen LogP contribution in [0.1, 0.15) is 15.9 Å². The molecule has 1 aromatic heterocycles. The van der Waals surface area contributed by atoms with E-state index in [2.05, 4.69) is 23.3 Å². The molecule has 3 aromatic rings. The molecule has 0 aliphatic heterocycles. The number of benzene rings is 2. The summed E-state index contributed by atoms with van der Waals surface area (Å²) in [5, 5.41) is 6.32. The third-order valence-corrected chi connectivity index (χ3v) is 3.23. The second kappa shape index (κ2) is 5.13. The average Bonchev–Trinajstić information content (AvgIpc) is 2.91. The van der Waals surface area contributed by atoms with Crippen LogP contribution in [0.3, 0.4) is 0 Å². The molecular weight excluding hydrogens is 248 g/mol. The van der Waals surface area contributed by atoms with E-state index >= 15 is 0 Å². The Labute approximate surface area is 117 Å². The van der Waals surface area contributed by atoms with Crippen LogP contribution in [0.25, 0.3) is 16.8 Å². The summed E-state index contributed by atoms with van der Waals surface area (Å²) in [6.45, 7) is 0. The molecule has 0 amide bonds. The van der Waals surface area contributed by atoms with E-state index < -0.39 is 0 Å². The fourth-order valence-corrected chi connectivity index (χ4v) is 2.21. The largest absolute Gasteiger partial charge is 0.289 e. The summed E-state index contributed by atoms with van der Waals surface area (Å²) in [6.07, 6.45) is 6.75. The molecule has 0 saturated heterocycles. The van der Waals surface area contributed by atoms with Crippen molar-refractivity contribution in [2.75, 3.05) is 0 Å². The summed E-state index contributed by atoms with van der Waals surface area (Å²) < 4.78 is 1.62. The monoisotopic (exact) mass is 262 g/mol. The summed E-state index contributed by atoms with van der Waals surface area (Å²) in [5.74, 6) is -0.0361. The zero-order valence-corrected chi connectivity index (χ0v) is 11.2. The van der Waals surface area contributed by atoms with Gasteiger partial charge in [-0.1, -0.05) is 48.5 Å². The molecule has 0 aliphatic rings. The first-order valence-electron chi connectivity index (χ1n) is 6.43. The van der Waals surface area contributed by atoms with Crippen LogP contribution in [0.2, 0.25) is 0 Å². The van der Waals surface area contributed by atoms with Gasteiger partial charge in [-0.15, -0.1) is 0 Å². The van der Waals surface area contributed by atoms with Gasteiger partial charge in [-0.3, -0.25) is 9.48 Å². The number of rotatable bonds is 3. The Hall–Kier alpha value is -2.68. The first kappa shape index (κ1) is 12.4. The first-order valence-corrected chi connectivity index (χ1v) is 6.43. The molecule has 1 heterocycles. The van der Waals surface area contributed by atoms with Crippen LogP contribution in [-0.4, -0.2) is 15.6 Å². The van der Waals surface area contributed by atoms with Crippen molar-refractivity contribution in [3.63, 3.8) is 0 Å². The van der Waals surface area contributed by atoms with E-state index in [4.69, 9.17) is 0 Å². The highest BCUT2D eigenvalue weighted by molar-refractivity contribution is 6.07. The first-order chi connectivity index (χ1) is 9.74. The third-order valence-electron chi connectivity index (χ3n) is 3.23. The number of carbonyl (C=O) groups is 1. The van der Waals surface area contributed by atoms with Crippen molar-refractivity contribution in [1.29, 1.82) is 0 Å². The second-order valence-corrected chi connectivity index (χ2v) is 4.67. The van der Waals surface area contributed by atoms with Crippen molar-refractivity contribution in [3.05, 3.63) is 72.1 Å². The summed E-state index contributed by atoms with van der Waals surface area (Å²) >= 11 is 0. The highest BCUT2D eigenvalue weighted by atomic mass is 16.1. The molecular formula is C17H14N2O. The van der Waals surface area contributed by atoms with Gasteiger partial charge in [0.25, 0.3) is 0 Å². The van der Waals surface area contributed by atoms with Gasteiger partial charge in [0.15, 0.2) is 5.78 Å². The van der Waals surface area contributed by atoms with Crippen LogP contribution in [0, 0.1) is 0 Å². The Kier molecular flexibility index (Phi) is 3.17. The number of fused-ring (bicyclic) bond motifs is 1. The number of allylic oxidation sites excluding steroid dienone is 1. The zero-order valence-electron chi connectivity index (χ0n) is 11.2. The van der Waals surface area contributed by atoms with E-state index in [1.54, 1.807) is 30.2 Å². The maximum atomic E-state index is 12.0. The molecule has 0 bridgehead atoms. The minimum atomic E-state index is -0.0361. The van der Waals surface area contributed by atoms with Gasteiger partial charge in [0, 0.05) is 13.2 Å². The van der Waals surface area contributed by atoms with E-state index in [0.717, 1.165) is 10.9 Å². The lowest BCUT2D eigenvalue weighted by molar-refractivity contribution is 0.104. The predicted molar refractivity (Wildman–Crippen MR) is 80.5 cm³/mol. The molecule has 3 rings (SSSR count). The number of nitrogens with zero attached hydrogens (tertiary/aromatic N) is 2. The summed E-state index contributed by atoms with van der Waals surface area (Å²) in [6, 6.07) is 14.2. The van der Waals surface area contributed by atoms with Crippen molar-refractivity contribution in [1.82, 2.24) is 9.78 Å². The summed E-state index contributed by atoms with van der Waals surface area (Å²) in [5.41, 5.74) is 1.64. The fourth-order valence-electron chi connectivity index (χ4n) is 2.21. The molecule has 0 saturated carbocycles. The number of ketones is 1. The molecule has 3 nitrogen and oxygen atoms in total. The molecule has 0 radical (unpaired) electrons. The summed E-state index contributed by atoms with van der Waals surface area (Å²) in [7, 11) is 1.80. The van der Waals surface area contributed by atoms with E-state index in [1.165, 1.54) is 5.39 Å². The Bertz CT molecular complexity index is 794. The molecule has 0 fully saturated rings. The molecule has 0 atom stereocenters. The number of hydrogen-bond acceptors (Lipinski definition) is 2. The van der Waals surface area contributed by atoms with Crippen molar-refractivity contribution >= 4 is 22.6 Å². The average molecular weight is 262 g/mol. The van der Waals surface area contributed by atoms with E-state index in [1.807, 2.05) is 30.3 Å². The van der Waals surface area contributed by atoms with Gasteiger partial charge in [-0.25, -0.2) is 0 Å². The minimum Gasteiger partial charge on any atom is -0.289 e. The van der Waals surface area contributed by atoms with Crippen molar-refractivity contribution in [2.24, 2.45) is 7.05 Å². The standard InChI is InChI=1S/C17H14N2O/c1-19-12-15(11-18-19)17(20)10-9-14-7-4-6-13-5-2-3-8-16(13)14/h2-12H,1H3. The van der Waals surface area contributed by atoms with Crippen LogP contribution in [0.15, 0.2) is 60.9 Å². The fraction of sp³-hybridized carbons (Fsp3) is 0.0588. The lowest BCUT2D eigenvalue weighted by atomic mass is 10.0. The Balaban J connectivity index is 1.93. The number of aryl methyl sites for hydroxylation is 1. The highest BCUT2D eigenvalue weighted by Gasteiger charge is 2.04. The zero-order chi connectivity index (χ0) is 13.9. The van der Waals surface area contributed by atoms with E-state index in [-0.39, 0.29) is 5.78 Å². The second-order valence-electron chi connectivity index (χ2n) is 4.67. The van der Waals surface area contributed by atoms with Gasteiger partial charge >= 0.3 is 0 Å². The topological polar surface area (TPSA) is 34.9 Å². The SMILES string of the molecule is Cn1cc(C(=O)C=Cc2cccc3ccccc23)cn1. The van der Waals surface area contributed by atoms with Gasteiger partial charge < -0.3 is 0 Å². The van der Waals surface area contributed by atoms with Crippen molar-refractivity contribution in [3.8, 4) is 0 Å². The van der Waals surface area contributed by atoms with Crippen molar-refractivity contribution in [2.45, 2.75) is 0 Å². The van der Waals surface area contributed by atoms with Crippen LogP contribution >= 0.6 is 0 Å². The number of hydrogen-bond donors (Lipinski definition) is 0. The lowest BCUT2D eigenvalue weighted by Gasteiger charge is -2.01. The molecule has 0 aliphatic carbocycles. The lowest BCUT2D eigenvalue weighted by Crippen LogP contribution is -1.92. The quantitative estimate of drug-likeness (QED) is 0.535. The maximum Gasteiger partial charge on any atom is 0.189 e. The highest BCUT2D eigenvalue weighted by Crippen LogP contribution is 2.19. The van der Waals surface area contributed by atoms with Gasteiger partial charge in [0.2, 0.25) is 0 Å². The molecule has 20 heavy (non-hydrogen) atoms. The number of aromatic nitrogens is 2. The smallest absolute Gasteiger partial charge is 0.189 e. The van der Waals surface area contributed by atoms with Crippen LogP contribution < -0.4 is 0 Å². The maximum absolute atomic E-state index is 12.0. The molecule has 0 N–H and O–H groups in total. The number of carbonyl (C=O) groups excluding carboxylic acids is 1. The van der Waals surface area contributed by atoms with Gasteiger partial charge in [0.1, 0.15) is 0 Å². The van der Waals surface area contributed by atoms with Crippen LogP contribution in [-0.2, 0) is 7.05 Å². The molecule has 0 unspecified atom stereocenters. The molecule has 98 valence electrons. The van der Waals surface area contributed by atoms with Crippen molar-refractivity contribution < 1.29 is 4.79 Å². The Morgan fingerprint density at radius 2 is 1.95 bits per heavy atom. The minimum absolute atomic E-state index is 0.0361. The van der Waals surface area contributed by atoms with Gasteiger partial charge in [-0.05, 0) is 22.4 Å². The van der Waals surface area contributed by atoms with E-state index in [9.17, 15) is 4.79 Å². The molecule has 2 aromatic carbocycles. The van der Waals surface area contributed by atoms with Crippen LogP contribution in [0.5, 0.6) is 0 Å². The Morgan fingerprint density at radius 1 is 1.15 bits per heavy atom.